The molecule has 118 valence electrons. The van der Waals surface area contributed by atoms with E-state index >= 15 is 0 Å². The van der Waals surface area contributed by atoms with Crippen LogP contribution in [0.2, 0.25) is 0 Å². The third kappa shape index (κ3) is 5.33. The lowest BCUT2D eigenvalue weighted by Gasteiger charge is -2.35. The largest absolute Gasteiger partial charge is 0.494 e. The fraction of sp³-hybridized carbons (Fsp3) is 0.667. The Hall–Kier alpha value is -1.06. The number of hydrogen-bond donors (Lipinski definition) is 0. The number of benzene rings is 1. The van der Waals surface area contributed by atoms with Gasteiger partial charge in [-0.25, -0.2) is 0 Å². The van der Waals surface area contributed by atoms with Crippen molar-refractivity contribution in [2.24, 2.45) is 0 Å². The van der Waals surface area contributed by atoms with E-state index in [-0.39, 0.29) is 0 Å². The first-order valence-electron chi connectivity index (χ1n) is 8.29. The highest BCUT2D eigenvalue weighted by molar-refractivity contribution is 5.27. The average Bonchev–Trinajstić information content (AvgIpc) is 2.50. The van der Waals surface area contributed by atoms with E-state index in [1.54, 1.807) is 0 Å². The molecule has 0 radical (unpaired) electrons. The molecular formula is C18H30N2O. The van der Waals surface area contributed by atoms with Crippen LogP contribution in [0.5, 0.6) is 5.75 Å². The first-order valence-corrected chi connectivity index (χ1v) is 8.29. The minimum absolute atomic E-state index is 0.724. The van der Waals surface area contributed by atoms with Crippen LogP contribution >= 0.6 is 0 Å². The van der Waals surface area contributed by atoms with Crippen molar-refractivity contribution in [1.29, 1.82) is 0 Å². The minimum atomic E-state index is 0.724. The Kier molecular flexibility index (Phi) is 6.52. The molecule has 0 atom stereocenters. The van der Waals surface area contributed by atoms with Crippen molar-refractivity contribution in [3.63, 3.8) is 0 Å². The van der Waals surface area contributed by atoms with E-state index in [1.807, 2.05) is 0 Å². The summed E-state index contributed by atoms with van der Waals surface area (Å²) in [6.45, 7) is 6.48. The van der Waals surface area contributed by atoms with Crippen LogP contribution in [0.1, 0.15) is 38.2 Å². The molecule has 0 N–H and O–H groups in total. The zero-order valence-electron chi connectivity index (χ0n) is 13.8. The molecule has 1 heterocycles. The maximum absolute atomic E-state index is 5.72. The summed E-state index contributed by atoms with van der Waals surface area (Å²) in [4.78, 5) is 4.92. The molecular weight excluding hydrogens is 260 g/mol. The van der Waals surface area contributed by atoms with Gasteiger partial charge in [0, 0.05) is 12.6 Å². The Morgan fingerprint density at radius 2 is 1.86 bits per heavy atom. The molecule has 0 unspecified atom stereocenters. The summed E-state index contributed by atoms with van der Waals surface area (Å²) in [7, 11) is 4.47. The highest BCUT2D eigenvalue weighted by Gasteiger charge is 2.20. The smallest absolute Gasteiger partial charge is 0.119 e. The molecule has 0 bridgehead atoms. The predicted molar refractivity (Wildman–Crippen MR) is 88.8 cm³/mol. The van der Waals surface area contributed by atoms with Gasteiger partial charge >= 0.3 is 0 Å². The van der Waals surface area contributed by atoms with Gasteiger partial charge in [0.15, 0.2) is 0 Å². The van der Waals surface area contributed by atoms with Crippen molar-refractivity contribution in [3.8, 4) is 5.75 Å². The van der Waals surface area contributed by atoms with Crippen molar-refractivity contribution in [2.75, 3.05) is 33.8 Å². The van der Waals surface area contributed by atoms with Crippen molar-refractivity contribution in [1.82, 2.24) is 9.80 Å². The average molecular weight is 290 g/mol. The summed E-state index contributed by atoms with van der Waals surface area (Å²) < 4.78 is 5.72. The van der Waals surface area contributed by atoms with Crippen LogP contribution in [-0.4, -0.2) is 49.6 Å². The zero-order chi connectivity index (χ0) is 15.1. The van der Waals surface area contributed by atoms with Crippen LogP contribution in [0.25, 0.3) is 0 Å². The summed E-state index contributed by atoms with van der Waals surface area (Å²) in [5.41, 5.74) is 1.37. The summed E-state index contributed by atoms with van der Waals surface area (Å²) in [6.07, 6.45) is 4.87. The lowest BCUT2D eigenvalue weighted by atomic mass is 10.0. The number of likely N-dealkylation sites (tertiary alicyclic amines) is 1. The SMILES string of the molecule is CCCCOc1ccc(CN(C)C2CCN(C)CC2)cc1. The number of unbranched alkanes of at least 4 members (excludes halogenated alkanes) is 1. The quantitative estimate of drug-likeness (QED) is 0.716. The molecule has 3 heteroatoms. The molecule has 0 aromatic heterocycles. The van der Waals surface area contributed by atoms with E-state index in [4.69, 9.17) is 4.74 Å². The molecule has 21 heavy (non-hydrogen) atoms. The van der Waals surface area contributed by atoms with E-state index in [1.165, 1.54) is 37.9 Å². The standard InChI is InChI=1S/C18H30N2O/c1-4-5-14-21-18-8-6-16(7-9-18)15-20(3)17-10-12-19(2)13-11-17/h6-9,17H,4-5,10-15H2,1-3H3. The molecule has 0 saturated carbocycles. The van der Waals surface area contributed by atoms with Gasteiger partial charge in [0.05, 0.1) is 6.61 Å². The Bertz CT molecular complexity index is 396. The molecule has 1 aromatic carbocycles. The molecule has 3 nitrogen and oxygen atoms in total. The molecule has 0 amide bonds. The minimum Gasteiger partial charge on any atom is -0.494 e. The highest BCUT2D eigenvalue weighted by atomic mass is 16.5. The van der Waals surface area contributed by atoms with Crippen molar-refractivity contribution < 1.29 is 4.74 Å². The maximum atomic E-state index is 5.72. The second-order valence-corrected chi connectivity index (χ2v) is 6.30. The molecule has 1 aliphatic rings. The fourth-order valence-corrected chi connectivity index (χ4v) is 2.88. The van der Waals surface area contributed by atoms with Crippen molar-refractivity contribution >= 4 is 0 Å². The number of hydrogen-bond acceptors (Lipinski definition) is 3. The van der Waals surface area contributed by atoms with Gasteiger partial charge in [-0.15, -0.1) is 0 Å². The Balaban J connectivity index is 1.79. The molecule has 1 saturated heterocycles. The monoisotopic (exact) mass is 290 g/mol. The maximum Gasteiger partial charge on any atom is 0.119 e. The van der Waals surface area contributed by atoms with Gasteiger partial charge in [0.2, 0.25) is 0 Å². The fourth-order valence-electron chi connectivity index (χ4n) is 2.88. The Labute approximate surface area is 129 Å². The van der Waals surface area contributed by atoms with Crippen LogP contribution in [0.3, 0.4) is 0 Å². The molecule has 0 spiro atoms. The highest BCUT2D eigenvalue weighted by Crippen LogP contribution is 2.18. The lowest BCUT2D eigenvalue weighted by molar-refractivity contribution is 0.139. The van der Waals surface area contributed by atoms with Crippen molar-refractivity contribution in [2.45, 2.75) is 45.2 Å². The third-order valence-electron chi connectivity index (χ3n) is 4.43. The lowest BCUT2D eigenvalue weighted by Crippen LogP contribution is -2.41. The van der Waals surface area contributed by atoms with E-state index in [2.05, 4.69) is 55.1 Å². The molecule has 2 rings (SSSR count). The topological polar surface area (TPSA) is 15.7 Å². The first-order chi connectivity index (χ1) is 10.2. The summed E-state index contributed by atoms with van der Waals surface area (Å²) >= 11 is 0. The van der Waals surface area contributed by atoms with E-state index in [0.29, 0.717) is 0 Å². The number of nitrogens with zero attached hydrogens (tertiary/aromatic N) is 2. The zero-order valence-corrected chi connectivity index (χ0v) is 13.8. The summed E-state index contributed by atoms with van der Waals surface area (Å²) in [6, 6.07) is 9.34. The van der Waals surface area contributed by atoms with E-state index < -0.39 is 0 Å². The van der Waals surface area contributed by atoms with E-state index in [9.17, 15) is 0 Å². The molecule has 1 aromatic rings. The second kappa shape index (κ2) is 8.40. The number of ether oxygens (including phenoxy) is 1. The second-order valence-electron chi connectivity index (χ2n) is 6.30. The Morgan fingerprint density at radius 3 is 2.48 bits per heavy atom. The number of piperidine rings is 1. The molecule has 1 aliphatic heterocycles. The number of rotatable bonds is 7. The third-order valence-corrected chi connectivity index (χ3v) is 4.43. The normalized spacial score (nSPS) is 17.3. The van der Waals surface area contributed by atoms with Crippen LogP contribution in [-0.2, 0) is 6.54 Å². The summed E-state index contributed by atoms with van der Waals surface area (Å²) in [5, 5.41) is 0. The van der Waals surface area contributed by atoms with Crippen molar-refractivity contribution in [3.05, 3.63) is 29.8 Å². The Morgan fingerprint density at radius 1 is 1.19 bits per heavy atom. The van der Waals surface area contributed by atoms with Gasteiger partial charge < -0.3 is 9.64 Å². The molecule has 0 aliphatic carbocycles. The van der Waals surface area contributed by atoms with Crippen LogP contribution in [0.15, 0.2) is 24.3 Å². The molecule has 1 fully saturated rings. The van der Waals surface area contributed by atoms with Gasteiger partial charge in [-0.3, -0.25) is 4.90 Å². The van der Waals surface area contributed by atoms with Gasteiger partial charge in [-0.2, -0.15) is 0 Å². The van der Waals surface area contributed by atoms with Gasteiger partial charge in [0.1, 0.15) is 5.75 Å². The first kappa shape index (κ1) is 16.3. The van der Waals surface area contributed by atoms with Gasteiger partial charge in [-0.1, -0.05) is 25.5 Å². The van der Waals surface area contributed by atoms with E-state index in [0.717, 1.165) is 31.4 Å². The summed E-state index contributed by atoms with van der Waals surface area (Å²) in [5.74, 6) is 0.995. The predicted octanol–water partition coefficient (Wildman–Crippen LogP) is 3.39. The van der Waals surface area contributed by atoms with Crippen LogP contribution in [0.4, 0.5) is 0 Å². The van der Waals surface area contributed by atoms with Crippen LogP contribution < -0.4 is 4.74 Å². The van der Waals surface area contributed by atoms with Crippen LogP contribution in [0, 0.1) is 0 Å². The van der Waals surface area contributed by atoms with Gasteiger partial charge in [-0.05, 0) is 64.1 Å². The van der Waals surface area contributed by atoms with Gasteiger partial charge in [0.25, 0.3) is 0 Å².